The zero-order chi connectivity index (χ0) is 12.1. The molecule has 2 aliphatic carbocycles. The molecule has 2 atom stereocenters. The normalized spacial score (nSPS) is 34.8. The summed E-state index contributed by atoms with van der Waals surface area (Å²) in [6, 6.07) is 4.59. The summed E-state index contributed by atoms with van der Waals surface area (Å²) in [5.41, 5.74) is 8.25. The van der Waals surface area contributed by atoms with Gasteiger partial charge in [-0.3, -0.25) is 0 Å². The predicted molar refractivity (Wildman–Crippen MR) is 69.9 cm³/mol. The van der Waals surface area contributed by atoms with E-state index in [9.17, 15) is 0 Å². The lowest BCUT2D eigenvalue weighted by Gasteiger charge is -2.33. The van der Waals surface area contributed by atoms with Crippen LogP contribution in [0.3, 0.4) is 0 Å². The van der Waals surface area contributed by atoms with Gasteiger partial charge >= 0.3 is 0 Å². The van der Waals surface area contributed by atoms with Crippen molar-refractivity contribution in [1.82, 2.24) is 15.3 Å². The van der Waals surface area contributed by atoms with Crippen LogP contribution in [0.15, 0.2) is 12.1 Å². The summed E-state index contributed by atoms with van der Waals surface area (Å²) in [7, 11) is 0. The maximum Gasteiger partial charge on any atom is 0.0893 e. The van der Waals surface area contributed by atoms with Gasteiger partial charge in [-0.2, -0.15) is 0 Å². The Morgan fingerprint density at radius 2 is 1.44 bits per heavy atom. The summed E-state index contributed by atoms with van der Waals surface area (Å²) in [5, 5.41) is 3.55. The number of rotatable bonds is 0. The van der Waals surface area contributed by atoms with Crippen LogP contribution < -0.4 is 5.32 Å². The van der Waals surface area contributed by atoms with Gasteiger partial charge in [0.1, 0.15) is 0 Å². The molecule has 2 heterocycles. The summed E-state index contributed by atoms with van der Waals surface area (Å²) in [6.07, 6.45) is 1.34. The van der Waals surface area contributed by atoms with Gasteiger partial charge in [-0.1, -0.05) is 0 Å². The Hall–Kier alpha value is -1.48. The molecule has 3 nitrogen and oxygen atoms in total. The molecule has 1 aliphatic heterocycles. The molecular weight excluding hydrogens is 222 g/mol. The van der Waals surface area contributed by atoms with Crippen LogP contribution in [0.25, 0.3) is 11.0 Å². The molecule has 18 heavy (non-hydrogen) atoms. The number of benzene rings is 1. The monoisotopic (exact) mass is 237 g/mol. The van der Waals surface area contributed by atoms with Crippen LogP contribution in [0.4, 0.5) is 0 Å². The number of piperidine rings is 1. The van der Waals surface area contributed by atoms with Crippen molar-refractivity contribution in [3.05, 3.63) is 34.6 Å². The molecule has 1 N–H and O–H groups in total. The fourth-order valence-electron chi connectivity index (χ4n) is 4.33. The topological polar surface area (TPSA) is 37.8 Å². The quantitative estimate of drug-likeness (QED) is 0.758. The van der Waals surface area contributed by atoms with E-state index in [-0.39, 0.29) is 0 Å². The Balaban J connectivity index is 1.84. The van der Waals surface area contributed by atoms with Crippen LogP contribution >= 0.6 is 0 Å². The van der Waals surface area contributed by atoms with Gasteiger partial charge in [0.25, 0.3) is 0 Å². The minimum atomic E-state index is 0.469. The summed E-state index contributed by atoms with van der Waals surface area (Å²) in [6.45, 7) is 6.39. The third-order valence-electron chi connectivity index (χ3n) is 5.49. The molecule has 0 bridgehead atoms. The van der Waals surface area contributed by atoms with E-state index in [1.807, 2.05) is 13.8 Å². The molecule has 1 saturated carbocycles. The molecule has 0 spiro atoms. The van der Waals surface area contributed by atoms with Gasteiger partial charge in [-0.05, 0) is 43.5 Å². The van der Waals surface area contributed by atoms with Gasteiger partial charge in [-0.25, -0.2) is 9.97 Å². The smallest absolute Gasteiger partial charge is 0.0893 e. The van der Waals surface area contributed by atoms with Crippen molar-refractivity contribution >= 4 is 11.0 Å². The van der Waals surface area contributed by atoms with Crippen LogP contribution in [0.5, 0.6) is 0 Å². The van der Waals surface area contributed by atoms with E-state index in [0.717, 1.165) is 35.5 Å². The Bertz CT molecular complexity index is 676. The van der Waals surface area contributed by atoms with Gasteiger partial charge in [0.2, 0.25) is 0 Å². The van der Waals surface area contributed by atoms with E-state index < -0.39 is 0 Å². The van der Waals surface area contributed by atoms with Crippen LogP contribution in [-0.2, 0) is 10.8 Å². The van der Waals surface area contributed by atoms with Crippen molar-refractivity contribution in [2.24, 2.45) is 0 Å². The number of hydrogen-bond donors (Lipinski definition) is 1. The van der Waals surface area contributed by atoms with Crippen molar-refractivity contribution < 1.29 is 0 Å². The lowest BCUT2D eigenvalue weighted by atomic mass is 9.70. The minimum absolute atomic E-state index is 0.469. The highest BCUT2D eigenvalue weighted by atomic mass is 15.1. The van der Waals surface area contributed by atoms with Crippen molar-refractivity contribution in [2.45, 2.75) is 31.1 Å². The fourth-order valence-corrected chi connectivity index (χ4v) is 4.33. The lowest BCUT2D eigenvalue weighted by molar-refractivity contribution is 0.577. The average Bonchev–Trinajstić information content (AvgIpc) is 2.81. The first kappa shape index (κ1) is 9.45. The zero-order valence-electron chi connectivity index (χ0n) is 10.7. The molecule has 0 amide bonds. The van der Waals surface area contributed by atoms with Crippen LogP contribution in [0.1, 0.15) is 28.9 Å². The van der Waals surface area contributed by atoms with E-state index in [4.69, 9.17) is 0 Å². The second-order valence-electron chi connectivity index (χ2n) is 6.23. The van der Waals surface area contributed by atoms with Gasteiger partial charge < -0.3 is 5.32 Å². The number of nitrogens with one attached hydrogen (secondary N) is 1. The van der Waals surface area contributed by atoms with Crippen LogP contribution in [0, 0.1) is 13.8 Å². The van der Waals surface area contributed by atoms with Crippen LogP contribution in [0.2, 0.25) is 0 Å². The first-order chi connectivity index (χ1) is 8.66. The van der Waals surface area contributed by atoms with E-state index in [0.29, 0.717) is 10.8 Å². The summed E-state index contributed by atoms with van der Waals surface area (Å²) in [4.78, 5) is 9.38. The molecule has 3 aliphatic rings. The largest absolute Gasteiger partial charge is 0.315 e. The molecular formula is C15H15N3. The zero-order valence-corrected chi connectivity index (χ0v) is 10.7. The number of aromatic nitrogens is 2. The maximum absolute atomic E-state index is 4.69. The highest BCUT2D eigenvalue weighted by Crippen LogP contribution is 2.76. The number of fused-ring (bicyclic) bond motifs is 2. The molecule has 0 radical (unpaired) electrons. The molecule has 2 aromatic rings. The summed E-state index contributed by atoms with van der Waals surface area (Å²) in [5.74, 6) is 0. The molecule has 5 rings (SSSR count). The third-order valence-corrected chi connectivity index (χ3v) is 5.49. The SMILES string of the molecule is Cc1nc2cc3c(cc2nc1C)C12CNCC31C2. The number of nitrogens with zero attached hydrogens (tertiary/aromatic N) is 2. The van der Waals surface area contributed by atoms with Crippen molar-refractivity contribution in [3.63, 3.8) is 0 Å². The van der Waals surface area contributed by atoms with E-state index >= 15 is 0 Å². The molecule has 90 valence electrons. The van der Waals surface area contributed by atoms with E-state index in [1.54, 1.807) is 0 Å². The standard InChI is InChI=1S/C15H15N3/c1-8-9(2)18-13-4-11-10(3-12(13)17-8)14-5-15(11,14)7-16-6-14/h3-4,16H,5-7H2,1-2H3. The molecule has 1 saturated heterocycles. The number of aryl methyl sites for hydroxylation is 2. The van der Waals surface area contributed by atoms with Crippen molar-refractivity contribution in [1.29, 1.82) is 0 Å². The van der Waals surface area contributed by atoms with Gasteiger partial charge in [0.05, 0.1) is 22.4 Å². The minimum Gasteiger partial charge on any atom is -0.315 e. The second-order valence-corrected chi connectivity index (χ2v) is 6.23. The van der Waals surface area contributed by atoms with Gasteiger partial charge in [0.15, 0.2) is 0 Å². The molecule has 2 fully saturated rings. The first-order valence-electron chi connectivity index (χ1n) is 6.67. The van der Waals surface area contributed by atoms with E-state index in [2.05, 4.69) is 27.4 Å². The maximum atomic E-state index is 4.69. The van der Waals surface area contributed by atoms with Gasteiger partial charge in [0, 0.05) is 23.9 Å². The fraction of sp³-hybridized carbons (Fsp3) is 0.467. The lowest BCUT2D eigenvalue weighted by Crippen LogP contribution is -2.33. The molecule has 2 unspecified atom stereocenters. The van der Waals surface area contributed by atoms with Crippen molar-refractivity contribution in [3.8, 4) is 0 Å². The Morgan fingerprint density at radius 1 is 0.944 bits per heavy atom. The average molecular weight is 237 g/mol. The first-order valence-corrected chi connectivity index (χ1v) is 6.67. The Kier molecular flexibility index (Phi) is 1.29. The Labute approximate surface area is 106 Å². The summed E-state index contributed by atoms with van der Waals surface area (Å²) >= 11 is 0. The number of hydrogen-bond acceptors (Lipinski definition) is 3. The molecule has 1 aromatic carbocycles. The summed E-state index contributed by atoms with van der Waals surface area (Å²) < 4.78 is 0. The molecule has 3 heteroatoms. The Morgan fingerprint density at radius 3 is 1.94 bits per heavy atom. The van der Waals surface area contributed by atoms with Crippen LogP contribution in [-0.4, -0.2) is 23.1 Å². The highest BCUT2D eigenvalue weighted by molar-refractivity contribution is 5.83. The molecule has 1 aromatic heterocycles. The van der Waals surface area contributed by atoms with Gasteiger partial charge in [-0.15, -0.1) is 0 Å². The van der Waals surface area contributed by atoms with E-state index in [1.165, 1.54) is 17.5 Å². The second kappa shape index (κ2) is 2.45. The highest BCUT2D eigenvalue weighted by Gasteiger charge is 2.79. The third kappa shape index (κ3) is 0.749. The van der Waals surface area contributed by atoms with Crippen molar-refractivity contribution in [2.75, 3.05) is 13.1 Å². The predicted octanol–water partition coefficient (Wildman–Crippen LogP) is 1.74.